The van der Waals surface area contributed by atoms with Crippen LogP contribution >= 0.6 is 0 Å². The van der Waals surface area contributed by atoms with Crippen LogP contribution in [0.3, 0.4) is 0 Å². The van der Waals surface area contributed by atoms with Crippen LogP contribution in [0, 0.1) is 6.92 Å². The third kappa shape index (κ3) is 4.26. The van der Waals surface area contributed by atoms with Crippen molar-refractivity contribution in [3.05, 3.63) is 59.9 Å². The van der Waals surface area contributed by atoms with E-state index in [0.717, 1.165) is 28.5 Å². The molecule has 0 amide bonds. The second-order valence-electron chi connectivity index (χ2n) is 5.87. The number of aliphatic hydroxyl groups is 1. The highest BCUT2D eigenvalue weighted by Gasteiger charge is 2.13. The number of imidazole rings is 1. The van der Waals surface area contributed by atoms with Crippen LogP contribution in [0.4, 0.5) is 0 Å². The predicted octanol–water partition coefficient (Wildman–Crippen LogP) is 1.91. The number of aryl methyl sites for hydroxylation is 1. The average Bonchev–Trinajstić information content (AvgIpc) is 3.27. The Morgan fingerprint density at radius 1 is 1.32 bits per heavy atom. The van der Waals surface area contributed by atoms with Gasteiger partial charge in [-0.05, 0) is 36.8 Å². The molecular formula is C18H23N5O2. The highest BCUT2D eigenvalue weighted by atomic mass is 16.5. The molecule has 0 radical (unpaired) electrons. The first-order chi connectivity index (χ1) is 12.2. The van der Waals surface area contributed by atoms with Crippen molar-refractivity contribution in [2.24, 2.45) is 0 Å². The minimum absolute atomic E-state index is 0.0915. The summed E-state index contributed by atoms with van der Waals surface area (Å²) in [4.78, 5) is 9.64. The summed E-state index contributed by atoms with van der Waals surface area (Å²) in [5.74, 6) is 1.68. The van der Waals surface area contributed by atoms with Gasteiger partial charge in [-0.2, -0.15) is 5.10 Å². The van der Waals surface area contributed by atoms with E-state index >= 15 is 0 Å². The van der Waals surface area contributed by atoms with Crippen LogP contribution in [0.15, 0.2) is 42.9 Å². The molecule has 7 heteroatoms. The summed E-state index contributed by atoms with van der Waals surface area (Å²) in [6, 6.07) is 7.83. The third-order valence-corrected chi connectivity index (χ3v) is 4.00. The first kappa shape index (κ1) is 17.2. The first-order valence-corrected chi connectivity index (χ1v) is 8.20. The smallest absolute Gasteiger partial charge is 0.119 e. The SMILES string of the molecule is COc1ccc(-n2cccn2)c(CN(CCO)Cc2cnc(C)[nH]2)c1. The molecule has 0 atom stereocenters. The van der Waals surface area contributed by atoms with Gasteiger partial charge in [0, 0.05) is 43.9 Å². The zero-order chi connectivity index (χ0) is 17.6. The lowest BCUT2D eigenvalue weighted by Crippen LogP contribution is -2.27. The van der Waals surface area contributed by atoms with Gasteiger partial charge in [-0.3, -0.25) is 4.90 Å². The Morgan fingerprint density at radius 3 is 2.84 bits per heavy atom. The summed E-state index contributed by atoms with van der Waals surface area (Å²) < 4.78 is 7.22. The molecule has 0 unspecified atom stereocenters. The predicted molar refractivity (Wildman–Crippen MR) is 94.6 cm³/mol. The van der Waals surface area contributed by atoms with E-state index in [4.69, 9.17) is 4.74 Å². The number of methoxy groups -OCH3 is 1. The van der Waals surface area contributed by atoms with Crippen molar-refractivity contribution in [1.29, 1.82) is 0 Å². The maximum Gasteiger partial charge on any atom is 0.119 e. The largest absolute Gasteiger partial charge is 0.497 e. The Hall–Kier alpha value is -2.64. The molecule has 3 aromatic rings. The molecule has 2 aromatic heterocycles. The van der Waals surface area contributed by atoms with Crippen molar-refractivity contribution in [2.45, 2.75) is 20.0 Å². The summed E-state index contributed by atoms with van der Waals surface area (Å²) in [6.07, 6.45) is 5.51. The van der Waals surface area contributed by atoms with E-state index in [9.17, 15) is 5.11 Å². The van der Waals surface area contributed by atoms with E-state index in [1.54, 1.807) is 13.3 Å². The zero-order valence-corrected chi connectivity index (χ0v) is 14.5. The van der Waals surface area contributed by atoms with Crippen LogP contribution in [-0.2, 0) is 13.1 Å². The lowest BCUT2D eigenvalue weighted by Gasteiger charge is -2.22. The van der Waals surface area contributed by atoms with Gasteiger partial charge in [0.15, 0.2) is 0 Å². The maximum atomic E-state index is 9.44. The number of nitrogens with one attached hydrogen (secondary N) is 1. The van der Waals surface area contributed by atoms with E-state index in [-0.39, 0.29) is 6.61 Å². The molecule has 7 nitrogen and oxygen atoms in total. The van der Waals surface area contributed by atoms with Gasteiger partial charge in [0.25, 0.3) is 0 Å². The fourth-order valence-corrected chi connectivity index (χ4v) is 2.84. The van der Waals surface area contributed by atoms with Gasteiger partial charge in [0.05, 0.1) is 19.4 Å². The van der Waals surface area contributed by atoms with Gasteiger partial charge in [-0.15, -0.1) is 0 Å². The van der Waals surface area contributed by atoms with E-state index in [1.807, 2.05) is 48.3 Å². The average molecular weight is 341 g/mol. The number of rotatable bonds is 8. The molecule has 1 aromatic carbocycles. The second-order valence-corrected chi connectivity index (χ2v) is 5.87. The molecule has 0 saturated carbocycles. The topological polar surface area (TPSA) is 79.2 Å². The van der Waals surface area contributed by atoms with Gasteiger partial charge < -0.3 is 14.8 Å². The monoisotopic (exact) mass is 341 g/mol. The number of aliphatic hydroxyl groups excluding tert-OH is 1. The van der Waals surface area contributed by atoms with E-state index < -0.39 is 0 Å². The number of H-pyrrole nitrogens is 1. The van der Waals surface area contributed by atoms with E-state index in [0.29, 0.717) is 19.6 Å². The van der Waals surface area contributed by atoms with Gasteiger partial charge in [0.1, 0.15) is 11.6 Å². The van der Waals surface area contributed by atoms with Gasteiger partial charge in [0.2, 0.25) is 0 Å². The fraction of sp³-hybridized carbons (Fsp3) is 0.333. The van der Waals surface area contributed by atoms with Crippen LogP contribution in [0.25, 0.3) is 5.69 Å². The summed E-state index contributed by atoms with van der Waals surface area (Å²) in [7, 11) is 1.66. The van der Waals surface area contributed by atoms with Gasteiger partial charge in [-0.25, -0.2) is 9.67 Å². The van der Waals surface area contributed by atoms with Gasteiger partial charge in [-0.1, -0.05) is 0 Å². The summed E-state index contributed by atoms with van der Waals surface area (Å²) in [6.45, 7) is 3.92. The number of aromatic amines is 1. The molecule has 0 saturated heterocycles. The molecule has 0 aliphatic carbocycles. The quantitative estimate of drug-likeness (QED) is 0.654. The van der Waals surface area contributed by atoms with Crippen LogP contribution < -0.4 is 4.74 Å². The first-order valence-electron chi connectivity index (χ1n) is 8.20. The number of hydrogen-bond donors (Lipinski definition) is 2. The van der Waals surface area contributed by atoms with Crippen molar-refractivity contribution in [1.82, 2.24) is 24.6 Å². The van der Waals surface area contributed by atoms with E-state index in [2.05, 4.69) is 20.0 Å². The Morgan fingerprint density at radius 2 is 2.20 bits per heavy atom. The molecular weight excluding hydrogens is 318 g/mol. The van der Waals surface area contributed by atoms with E-state index in [1.165, 1.54) is 0 Å². The molecule has 0 aliphatic heterocycles. The lowest BCUT2D eigenvalue weighted by molar-refractivity contribution is 0.183. The molecule has 0 fully saturated rings. The molecule has 132 valence electrons. The maximum absolute atomic E-state index is 9.44. The minimum Gasteiger partial charge on any atom is -0.497 e. The Balaban J connectivity index is 1.87. The third-order valence-electron chi connectivity index (χ3n) is 4.00. The highest BCUT2D eigenvalue weighted by Crippen LogP contribution is 2.23. The Kier molecular flexibility index (Phi) is 5.47. The Bertz CT molecular complexity index is 798. The van der Waals surface area contributed by atoms with Crippen LogP contribution in [0.2, 0.25) is 0 Å². The molecule has 0 aliphatic rings. The number of benzene rings is 1. The standard InChI is InChI=1S/C18H23N5O2/c1-14-19-11-16(21-14)13-22(8-9-24)12-15-10-17(25-2)4-5-18(15)23-7-3-6-20-23/h3-7,10-11,24H,8-9,12-13H2,1-2H3,(H,19,21). The fourth-order valence-electron chi connectivity index (χ4n) is 2.84. The van der Waals surface area contributed by atoms with Crippen LogP contribution in [-0.4, -0.2) is 50.0 Å². The molecule has 2 N–H and O–H groups in total. The van der Waals surface area contributed by atoms with Crippen LogP contribution in [0.1, 0.15) is 17.1 Å². The van der Waals surface area contributed by atoms with Crippen molar-refractivity contribution < 1.29 is 9.84 Å². The number of ether oxygens (including phenoxy) is 1. The number of aromatic nitrogens is 4. The molecule has 0 spiro atoms. The van der Waals surface area contributed by atoms with Gasteiger partial charge >= 0.3 is 0 Å². The molecule has 0 bridgehead atoms. The lowest BCUT2D eigenvalue weighted by atomic mass is 10.1. The van der Waals surface area contributed by atoms with Crippen molar-refractivity contribution in [3.63, 3.8) is 0 Å². The second kappa shape index (κ2) is 7.96. The zero-order valence-electron chi connectivity index (χ0n) is 14.5. The molecule has 2 heterocycles. The molecule has 3 rings (SSSR count). The van der Waals surface area contributed by atoms with Crippen LogP contribution in [0.5, 0.6) is 5.75 Å². The summed E-state index contributed by atoms with van der Waals surface area (Å²) in [5.41, 5.74) is 3.09. The number of hydrogen-bond acceptors (Lipinski definition) is 5. The summed E-state index contributed by atoms with van der Waals surface area (Å²) in [5, 5.41) is 13.8. The van der Waals surface area contributed by atoms with Crippen molar-refractivity contribution >= 4 is 0 Å². The van der Waals surface area contributed by atoms with Crippen molar-refractivity contribution in [3.8, 4) is 11.4 Å². The normalized spacial score (nSPS) is 11.2. The number of nitrogens with zero attached hydrogens (tertiary/aromatic N) is 4. The van der Waals surface area contributed by atoms with Crippen molar-refractivity contribution in [2.75, 3.05) is 20.3 Å². The molecule has 25 heavy (non-hydrogen) atoms. The highest BCUT2D eigenvalue weighted by molar-refractivity contribution is 5.45. The summed E-state index contributed by atoms with van der Waals surface area (Å²) >= 11 is 0. The minimum atomic E-state index is 0.0915. The Labute approximate surface area is 146 Å².